The second kappa shape index (κ2) is 61.1. The van der Waals surface area contributed by atoms with Gasteiger partial charge in [0, 0.05) is 30.3 Å². The van der Waals surface area contributed by atoms with Crippen LogP contribution in [-0.4, -0.2) is 206 Å². The van der Waals surface area contributed by atoms with E-state index in [-0.39, 0.29) is 104 Å². The second-order valence-corrected chi connectivity index (χ2v) is 50.9. The van der Waals surface area contributed by atoms with Gasteiger partial charge in [0.1, 0.15) is 107 Å². The number of aliphatic hydroxyl groups excluding tert-OH is 2. The number of aromatic amines is 1. The number of aromatic nitrogens is 10. The Morgan fingerprint density at radius 2 is 0.781 bits per heavy atom. The van der Waals surface area contributed by atoms with Crippen molar-refractivity contribution in [2.24, 2.45) is 5.73 Å². The van der Waals surface area contributed by atoms with Crippen LogP contribution in [0, 0.1) is 0 Å². The number of ether oxygens (including phenoxy) is 9. The molecule has 7 aromatic carbocycles. The third kappa shape index (κ3) is 43.9. The van der Waals surface area contributed by atoms with Crippen molar-refractivity contribution < 1.29 is 107 Å². The van der Waals surface area contributed by atoms with Crippen molar-refractivity contribution in [1.82, 2.24) is 54.2 Å². The Morgan fingerprint density at radius 3 is 1.10 bits per heavy atom. The molecule has 5 aromatic heterocycles. The first kappa shape index (κ1) is 122. The summed E-state index contributed by atoms with van der Waals surface area (Å²) in [5.41, 5.74) is 12.8. The number of fused-ring (bicyclic) bond motifs is 1. The van der Waals surface area contributed by atoms with E-state index in [2.05, 4.69) is 116 Å². The number of nitrogens with one attached hydrogen (secondary N) is 1. The number of carbonyl (C=O) groups excluding carboxylic acids is 5. The minimum Gasteiger partial charge on any atom is -0.487 e. The van der Waals surface area contributed by atoms with Crippen LogP contribution in [0.5, 0.6) is 28.7 Å². The topological polar surface area (TPSA) is 434 Å². The molecule has 146 heavy (non-hydrogen) atoms. The van der Waals surface area contributed by atoms with Gasteiger partial charge in [-0.05, 0) is 201 Å². The Labute approximate surface area is 865 Å². The van der Waals surface area contributed by atoms with Gasteiger partial charge in [0.25, 0.3) is 16.0 Å². The molecule has 0 spiro atoms. The van der Waals surface area contributed by atoms with E-state index in [1.165, 1.54) is 14.9 Å². The number of carbonyl (C=O) groups is 5. The Morgan fingerprint density at radius 1 is 0.466 bits per heavy atom. The SMILES string of the molecule is CC1CN(Cc2ccccc2)C(=O)c2cc(COc3ccccc3)nn21.CCOC(=O)c1cc(COc2ccccc2)[nH]n1.CCOC(=O)c1cc(COc2ccccc2)nn1C(C)CO.CCOC(=O)c1cc(COc2ccccc2)nn1C(C)COS(C)(=O)=O.CCOC(=O)c1cc(COc2ccccc2)nn1C(C)CO[Si](C)(C)C(C)(C)C.CS(=O)(=O)Cl.C[C@@H](O)CO[Si](C)(C)C(C)(C)C.NCc1ccccc1. The lowest BCUT2D eigenvalue weighted by molar-refractivity contribution is 0.0497. The lowest BCUT2D eigenvalue weighted by Crippen LogP contribution is -2.42. The van der Waals surface area contributed by atoms with Gasteiger partial charge < -0.3 is 72.3 Å². The quantitative estimate of drug-likeness (QED) is 0.00914. The van der Waals surface area contributed by atoms with E-state index in [0.717, 1.165) is 52.5 Å². The van der Waals surface area contributed by atoms with E-state index in [9.17, 15) is 45.9 Å². The summed E-state index contributed by atoms with van der Waals surface area (Å²) in [5.74, 6) is 1.93. The molecule has 0 radical (unpaired) electrons. The van der Waals surface area contributed by atoms with Crippen LogP contribution in [0.2, 0.25) is 36.3 Å². The standard InChI is InChI=1S/C22H34N2O4Si.C21H21N3O2.C17H22N2O6S.C16H20N2O4.C13H14N2O3.C9H22O2Si.C7H9N.CH3ClO2S/c1-8-26-21(25)20-14-18(16-27-19-12-10-9-11-13-19)23-24(20)17(2)15-28-29(6,7)22(3,4)5;1-16-13-23(14-17-8-4-2-5-9-17)21(25)20-12-18(22-24(16)20)15-26-19-10-6-3-7-11-19;1-4-23-17(20)16-10-14(12-24-15-8-6-5-7-9-15)18-19(16)13(2)11-25-26(3,21)22;1-3-21-16(20)15-9-13(17-18(15)12(2)10-19)11-22-14-7-5-4-6-8-14;1-2-17-13(16)12-8-10(14-15-12)9-18-11-6-4-3-5-7-11;1-8(10)7-11-12(5,6)9(2,3)4;8-6-7-4-2-1-3-5-7;1-5(2,3)4/h9-14,17H,8,15-16H2,1-7H3;2-12,16H,13-15H2,1H3;5-10,13H,4,11-12H2,1-3H3;4-9,12,19H,3,10-11H2,1-2H3;3-8H,2,9H2,1H3,(H,14,15);8,10H,7H2,1-6H3;1-5H,6,8H2;1H3/t;;;;;8-;;/m.....1../s1. The van der Waals surface area contributed by atoms with Gasteiger partial charge in [-0.2, -0.15) is 33.9 Å². The van der Waals surface area contributed by atoms with Gasteiger partial charge in [-0.3, -0.25) is 32.8 Å². The van der Waals surface area contributed by atoms with E-state index in [1.54, 1.807) is 77.4 Å². The molecule has 13 rings (SSSR count). The molecule has 1 aliphatic heterocycles. The second-order valence-electron chi connectivity index (χ2n) is 36.6. The minimum atomic E-state index is -3.59. The summed E-state index contributed by atoms with van der Waals surface area (Å²) < 4.78 is 113. The van der Waals surface area contributed by atoms with Crippen LogP contribution < -0.4 is 29.4 Å². The molecule has 4 unspecified atom stereocenters. The van der Waals surface area contributed by atoms with Crippen molar-refractivity contribution in [2.75, 3.05) is 71.9 Å². The molecule has 0 fully saturated rings. The number of nitrogens with two attached hydrogens (primary N) is 1. The highest BCUT2D eigenvalue weighted by Crippen LogP contribution is 2.38. The monoisotopic (exact) mass is 2110 g/mol. The molecule has 35 nitrogen and oxygen atoms in total. The molecule has 40 heteroatoms. The van der Waals surface area contributed by atoms with Crippen molar-refractivity contribution >= 4 is 76.3 Å². The van der Waals surface area contributed by atoms with E-state index < -0.39 is 59.8 Å². The number of aliphatic hydroxyl groups is 2. The van der Waals surface area contributed by atoms with Gasteiger partial charge >= 0.3 is 23.9 Å². The van der Waals surface area contributed by atoms with Gasteiger partial charge in [-0.1, -0.05) is 193 Å². The van der Waals surface area contributed by atoms with E-state index in [4.69, 9.17) is 66.5 Å². The van der Waals surface area contributed by atoms with Crippen LogP contribution in [0.3, 0.4) is 0 Å². The Hall–Kier alpha value is -12.7. The molecule has 6 heterocycles. The molecule has 1 amide bonds. The van der Waals surface area contributed by atoms with E-state index >= 15 is 0 Å². The van der Waals surface area contributed by atoms with Crippen LogP contribution in [0.1, 0.15) is 220 Å². The fourth-order valence-corrected chi connectivity index (χ4v) is 15.1. The summed E-state index contributed by atoms with van der Waals surface area (Å²) in [6, 6.07) is 74.9. The highest BCUT2D eigenvalue weighted by Gasteiger charge is 2.39. The average Bonchev–Trinajstić information content (AvgIpc) is 1.63. The first-order valence-electron chi connectivity index (χ1n) is 47.9. The molecule has 5 atom stereocenters. The highest BCUT2D eigenvalue weighted by molar-refractivity contribution is 8.13. The maximum Gasteiger partial charge on any atom is 0.358 e. The van der Waals surface area contributed by atoms with Crippen molar-refractivity contribution in [3.8, 4) is 28.7 Å². The average molecular weight is 2110 g/mol. The van der Waals surface area contributed by atoms with Crippen molar-refractivity contribution in [3.63, 3.8) is 0 Å². The van der Waals surface area contributed by atoms with E-state index in [1.807, 2.05) is 235 Å². The number of benzene rings is 7. The molecule has 0 aliphatic carbocycles. The molecule has 794 valence electrons. The summed E-state index contributed by atoms with van der Waals surface area (Å²) in [6.45, 7) is 43.4. The van der Waals surface area contributed by atoms with Crippen molar-refractivity contribution in [1.29, 1.82) is 0 Å². The Bertz CT molecular complexity index is 6090. The molecular weight excluding hydrogens is 1960 g/mol. The zero-order valence-electron chi connectivity index (χ0n) is 87.5. The number of para-hydroxylation sites is 5. The number of H-pyrrole nitrogens is 1. The van der Waals surface area contributed by atoms with Gasteiger partial charge in [-0.15, -0.1) is 0 Å². The first-order valence-corrected chi connectivity index (χ1v) is 58.3. The minimum absolute atomic E-state index is 0.0189. The molecular formula is C106H145ClN12O23S2Si2. The fourth-order valence-electron chi connectivity index (χ4n) is 12.5. The molecule has 1 aliphatic rings. The Balaban J connectivity index is 0.000000264. The van der Waals surface area contributed by atoms with Crippen LogP contribution in [0.15, 0.2) is 243 Å². The molecule has 5 N–H and O–H groups in total. The third-order valence-electron chi connectivity index (χ3n) is 22.1. The number of hydrogen-bond donors (Lipinski definition) is 4. The predicted molar refractivity (Wildman–Crippen MR) is 566 cm³/mol. The smallest absolute Gasteiger partial charge is 0.358 e. The first-order chi connectivity index (χ1) is 69.1. The van der Waals surface area contributed by atoms with Crippen LogP contribution >= 0.6 is 10.7 Å². The summed E-state index contributed by atoms with van der Waals surface area (Å²) in [7, 11) is -5.81. The van der Waals surface area contributed by atoms with Gasteiger partial charge in [0.05, 0.1) is 101 Å². The largest absolute Gasteiger partial charge is 0.487 e. The van der Waals surface area contributed by atoms with Crippen molar-refractivity contribution in [3.05, 3.63) is 311 Å². The summed E-state index contributed by atoms with van der Waals surface area (Å²) >= 11 is 0. The maximum absolute atomic E-state index is 12.9. The number of amides is 1. The molecule has 0 bridgehead atoms. The Kier molecular flexibility index (Phi) is 51.0. The zero-order chi connectivity index (χ0) is 108. The van der Waals surface area contributed by atoms with Gasteiger partial charge in [-0.25, -0.2) is 27.6 Å². The fraction of sp³-hybridized carbons (Fsp3) is 0.415. The number of esters is 4. The van der Waals surface area contributed by atoms with Crippen LogP contribution in [0.4, 0.5) is 0 Å². The van der Waals surface area contributed by atoms with Gasteiger partial charge in [0.2, 0.25) is 9.05 Å². The number of hydrogen-bond acceptors (Lipinski definition) is 29. The number of nitrogens with zero attached hydrogens (tertiary/aromatic N) is 10. The van der Waals surface area contributed by atoms with E-state index in [0.29, 0.717) is 99.2 Å². The highest BCUT2D eigenvalue weighted by atomic mass is 35.7. The summed E-state index contributed by atoms with van der Waals surface area (Å²) in [6.07, 6.45) is 1.54. The third-order valence-corrected chi connectivity index (χ3v) is 31.7. The molecule has 0 saturated heterocycles. The van der Waals surface area contributed by atoms with Crippen molar-refractivity contribution in [2.45, 2.75) is 217 Å². The lowest BCUT2D eigenvalue weighted by atomic mass is 10.1. The summed E-state index contributed by atoms with van der Waals surface area (Å²) in [4.78, 5) is 62.8. The van der Waals surface area contributed by atoms with Gasteiger partial charge in [0.15, 0.2) is 22.3 Å². The molecule has 0 saturated carbocycles. The van der Waals surface area contributed by atoms with Crippen LogP contribution in [0.25, 0.3) is 0 Å². The maximum atomic E-state index is 12.9. The number of rotatable bonds is 39. The number of halogens is 1. The summed E-state index contributed by atoms with van der Waals surface area (Å²) in [5, 5.41) is 43.2. The van der Waals surface area contributed by atoms with Crippen LogP contribution in [-0.2, 0) is 97.3 Å². The molecule has 12 aromatic rings. The zero-order valence-corrected chi connectivity index (χ0v) is 91.9. The lowest BCUT2D eigenvalue weighted by Gasteiger charge is -2.37. The normalized spacial score (nSPS) is 13.1. The predicted octanol–water partition coefficient (Wildman–Crippen LogP) is 19.2.